The molecule has 0 fully saturated rings. The Hall–Kier alpha value is -1.42. The number of pyridine rings is 1. The first-order valence-corrected chi connectivity index (χ1v) is 8.01. The highest BCUT2D eigenvalue weighted by atomic mass is 79.9. The Morgan fingerprint density at radius 2 is 2.10 bits per heavy atom. The lowest BCUT2D eigenvalue weighted by molar-refractivity contribution is 0.0767. The summed E-state index contributed by atoms with van der Waals surface area (Å²) in [4.78, 5) is 19.1. The molecule has 1 amide bonds. The number of halogens is 1. The molecule has 20 heavy (non-hydrogen) atoms. The first kappa shape index (κ1) is 15.0. The number of hydrogen-bond donors (Lipinski definition) is 0. The normalized spacial score (nSPS) is 10.8. The summed E-state index contributed by atoms with van der Waals surface area (Å²) in [6.45, 7) is 5.44. The number of alkyl halides is 1. The van der Waals surface area contributed by atoms with Crippen LogP contribution in [0, 0.1) is 6.92 Å². The molecule has 0 bridgehead atoms. The molecule has 0 atom stereocenters. The molecule has 106 valence electrons. The van der Waals surface area contributed by atoms with Crippen molar-refractivity contribution in [3.05, 3.63) is 41.6 Å². The highest BCUT2D eigenvalue weighted by molar-refractivity contribution is 9.09. The lowest BCUT2D eigenvalue weighted by Crippen LogP contribution is -2.32. The second kappa shape index (κ2) is 6.84. The van der Waals surface area contributed by atoms with Gasteiger partial charge in [-0.25, -0.2) is 0 Å². The molecule has 2 aromatic rings. The number of para-hydroxylation sites is 1. The second-order valence-corrected chi connectivity index (χ2v) is 5.55. The maximum Gasteiger partial charge on any atom is 0.254 e. The number of hydrogen-bond acceptors (Lipinski definition) is 2. The third-order valence-corrected chi connectivity index (χ3v) is 3.87. The number of aromatic nitrogens is 1. The molecular weight excluding hydrogens is 316 g/mol. The Morgan fingerprint density at radius 3 is 2.80 bits per heavy atom. The summed E-state index contributed by atoms with van der Waals surface area (Å²) in [6.07, 6.45) is 0.960. The Bertz CT molecular complexity index is 612. The van der Waals surface area contributed by atoms with Crippen LogP contribution in [-0.4, -0.2) is 34.2 Å². The average molecular weight is 335 g/mol. The van der Waals surface area contributed by atoms with Gasteiger partial charge < -0.3 is 4.90 Å². The first-order chi connectivity index (χ1) is 9.67. The third kappa shape index (κ3) is 3.18. The van der Waals surface area contributed by atoms with Crippen LogP contribution in [0.4, 0.5) is 0 Å². The number of rotatable bonds is 5. The number of carbonyl (C=O) groups excluding carboxylic acids is 1. The van der Waals surface area contributed by atoms with E-state index in [1.54, 1.807) is 0 Å². The molecule has 1 aromatic heterocycles. The van der Waals surface area contributed by atoms with Gasteiger partial charge in [0, 0.05) is 29.5 Å². The van der Waals surface area contributed by atoms with E-state index < -0.39 is 0 Å². The first-order valence-electron chi connectivity index (χ1n) is 6.89. The smallest absolute Gasteiger partial charge is 0.254 e. The fraction of sp³-hybridized carbons (Fsp3) is 0.375. The molecule has 0 aliphatic rings. The van der Waals surface area contributed by atoms with E-state index in [0.29, 0.717) is 0 Å². The topological polar surface area (TPSA) is 33.2 Å². The van der Waals surface area contributed by atoms with Gasteiger partial charge in [-0.1, -0.05) is 34.1 Å². The summed E-state index contributed by atoms with van der Waals surface area (Å²) >= 11 is 3.42. The molecule has 4 heteroatoms. The van der Waals surface area contributed by atoms with Crippen molar-refractivity contribution in [2.75, 3.05) is 18.4 Å². The zero-order valence-electron chi connectivity index (χ0n) is 11.9. The Balaban J connectivity index is 2.42. The number of carbonyl (C=O) groups is 1. The van der Waals surface area contributed by atoms with Crippen LogP contribution in [-0.2, 0) is 0 Å². The summed E-state index contributed by atoms with van der Waals surface area (Å²) in [5.74, 6) is 0.0927. The quantitative estimate of drug-likeness (QED) is 0.779. The minimum atomic E-state index is 0.0927. The van der Waals surface area contributed by atoms with Gasteiger partial charge in [0.15, 0.2) is 0 Å². The fourth-order valence-electron chi connectivity index (χ4n) is 2.31. The number of benzene rings is 1. The standard InChI is InChI=1S/C16H19BrN2O/c1-3-19(10-6-9-17)16(20)14-11-12(2)18-15-8-5-4-7-13(14)15/h4-5,7-8,11H,3,6,9-10H2,1-2H3. The maximum absolute atomic E-state index is 12.7. The van der Waals surface area contributed by atoms with Gasteiger partial charge in [-0.05, 0) is 32.4 Å². The van der Waals surface area contributed by atoms with Crippen LogP contribution < -0.4 is 0 Å². The zero-order valence-corrected chi connectivity index (χ0v) is 13.5. The van der Waals surface area contributed by atoms with Crippen molar-refractivity contribution in [1.82, 2.24) is 9.88 Å². The summed E-state index contributed by atoms with van der Waals surface area (Å²) in [6, 6.07) is 9.71. The highest BCUT2D eigenvalue weighted by Crippen LogP contribution is 2.20. The van der Waals surface area contributed by atoms with E-state index >= 15 is 0 Å². The highest BCUT2D eigenvalue weighted by Gasteiger charge is 2.17. The van der Waals surface area contributed by atoms with Gasteiger partial charge in [0.1, 0.15) is 0 Å². The lowest BCUT2D eigenvalue weighted by Gasteiger charge is -2.21. The van der Waals surface area contributed by atoms with E-state index in [0.717, 1.165) is 47.0 Å². The molecular formula is C16H19BrN2O. The van der Waals surface area contributed by atoms with Gasteiger partial charge in [-0.3, -0.25) is 9.78 Å². The molecule has 0 aliphatic heterocycles. The Kier molecular flexibility index (Phi) is 5.12. The number of aryl methyl sites for hydroxylation is 1. The predicted octanol–water partition coefficient (Wildman–Crippen LogP) is 3.79. The van der Waals surface area contributed by atoms with Crippen molar-refractivity contribution in [1.29, 1.82) is 0 Å². The fourth-order valence-corrected chi connectivity index (χ4v) is 2.56. The van der Waals surface area contributed by atoms with Crippen LogP contribution in [0.25, 0.3) is 10.9 Å². The molecule has 0 saturated carbocycles. The van der Waals surface area contributed by atoms with Crippen LogP contribution in [0.3, 0.4) is 0 Å². The van der Waals surface area contributed by atoms with Gasteiger partial charge in [-0.2, -0.15) is 0 Å². The van der Waals surface area contributed by atoms with Crippen molar-refractivity contribution in [2.24, 2.45) is 0 Å². The SMILES string of the molecule is CCN(CCCBr)C(=O)c1cc(C)nc2ccccc12. The molecule has 0 N–H and O–H groups in total. The van der Waals surface area contributed by atoms with E-state index in [1.807, 2.05) is 49.1 Å². The van der Waals surface area contributed by atoms with Crippen LogP contribution in [0.15, 0.2) is 30.3 Å². The van der Waals surface area contributed by atoms with Gasteiger partial charge in [0.05, 0.1) is 11.1 Å². The Morgan fingerprint density at radius 1 is 1.35 bits per heavy atom. The molecule has 0 spiro atoms. The molecule has 0 aliphatic carbocycles. The van der Waals surface area contributed by atoms with Crippen LogP contribution in [0.5, 0.6) is 0 Å². The monoisotopic (exact) mass is 334 g/mol. The number of amides is 1. The van der Waals surface area contributed by atoms with Gasteiger partial charge >= 0.3 is 0 Å². The molecule has 0 radical (unpaired) electrons. The van der Waals surface area contributed by atoms with E-state index in [-0.39, 0.29) is 5.91 Å². The summed E-state index contributed by atoms with van der Waals surface area (Å²) < 4.78 is 0. The third-order valence-electron chi connectivity index (χ3n) is 3.31. The summed E-state index contributed by atoms with van der Waals surface area (Å²) in [5.41, 5.74) is 2.51. The van der Waals surface area contributed by atoms with Gasteiger partial charge in [-0.15, -0.1) is 0 Å². The van der Waals surface area contributed by atoms with Crippen molar-refractivity contribution >= 4 is 32.7 Å². The van der Waals surface area contributed by atoms with Crippen molar-refractivity contribution in [2.45, 2.75) is 20.3 Å². The van der Waals surface area contributed by atoms with Crippen LogP contribution in [0.1, 0.15) is 29.4 Å². The van der Waals surface area contributed by atoms with E-state index in [9.17, 15) is 4.79 Å². The van der Waals surface area contributed by atoms with Gasteiger partial charge in [0.25, 0.3) is 5.91 Å². The summed E-state index contributed by atoms with van der Waals surface area (Å²) in [5, 5.41) is 1.84. The molecule has 3 nitrogen and oxygen atoms in total. The van der Waals surface area contributed by atoms with E-state index in [4.69, 9.17) is 0 Å². The molecule has 1 aromatic carbocycles. The van der Waals surface area contributed by atoms with Gasteiger partial charge in [0.2, 0.25) is 0 Å². The van der Waals surface area contributed by atoms with E-state index in [1.165, 1.54) is 0 Å². The van der Waals surface area contributed by atoms with E-state index in [2.05, 4.69) is 20.9 Å². The van der Waals surface area contributed by atoms with Crippen molar-refractivity contribution in [3.63, 3.8) is 0 Å². The number of fused-ring (bicyclic) bond motifs is 1. The van der Waals surface area contributed by atoms with Crippen molar-refractivity contribution < 1.29 is 4.79 Å². The lowest BCUT2D eigenvalue weighted by atomic mass is 10.1. The molecule has 0 saturated heterocycles. The zero-order chi connectivity index (χ0) is 14.5. The van der Waals surface area contributed by atoms with Crippen LogP contribution in [0.2, 0.25) is 0 Å². The Labute approximate surface area is 128 Å². The molecule has 1 heterocycles. The minimum Gasteiger partial charge on any atom is -0.339 e. The molecule has 2 rings (SSSR count). The van der Waals surface area contributed by atoms with Crippen LogP contribution >= 0.6 is 15.9 Å². The maximum atomic E-state index is 12.7. The minimum absolute atomic E-state index is 0.0927. The average Bonchev–Trinajstić information content (AvgIpc) is 2.46. The number of nitrogens with zero attached hydrogens (tertiary/aromatic N) is 2. The molecule has 0 unspecified atom stereocenters. The summed E-state index contributed by atoms with van der Waals surface area (Å²) in [7, 11) is 0. The second-order valence-electron chi connectivity index (χ2n) is 4.76. The van der Waals surface area contributed by atoms with Crippen molar-refractivity contribution in [3.8, 4) is 0 Å². The predicted molar refractivity (Wildman–Crippen MR) is 86.5 cm³/mol. The largest absolute Gasteiger partial charge is 0.339 e.